The molecule has 3 heterocycles. The number of ether oxygens (including phenoxy) is 1. The number of hydrogen-bond donors (Lipinski definition) is 0. The van der Waals surface area contributed by atoms with Gasteiger partial charge in [-0.3, -0.25) is 0 Å². The zero-order chi connectivity index (χ0) is 24.7. The fourth-order valence-corrected chi connectivity index (χ4v) is 5.90. The Hall–Kier alpha value is -3.60. The summed E-state index contributed by atoms with van der Waals surface area (Å²) in [6.07, 6.45) is 2.49. The molecule has 0 aliphatic carbocycles. The highest BCUT2D eigenvalue weighted by Crippen LogP contribution is 2.51. The summed E-state index contributed by atoms with van der Waals surface area (Å²) >= 11 is 0. The summed E-state index contributed by atoms with van der Waals surface area (Å²) < 4.78 is 8.82. The van der Waals surface area contributed by atoms with Crippen LogP contribution >= 0.6 is 0 Å². The standard InChI is InChI=1S/C30H33N3O2/c1-6-21-19-22(32(7-2)8-3)16-17-24(21)30(25-14-12-18-31-28(25)29(34)35-30)27-20(5)33(9-4)26-15-11-10-13-23(26)27/h10-19H,6-9H2,1-5H3. The Bertz CT molecular complexity index is 1420. The predicted molar refractivity (Wildman–Crippen MR) is 141 cm³/mol. The monoisotopic (exact) mass is 467 g/mol. The third-order valence-corrected chi connectivity index (χ3v) is 7.50. The average Bonchev–Trinajstić information content (AvgIpc) is 3.35. The van der Waals surface area contributed by atoms with Crippen LogP contribution in [0.5, 0.6) is 0 Å². The number of cyclic esters (lactones) is 1. The first-order chi connectivity index (χ1) is 17.0. The third kappa shape index (κ3) is 3.28. The van der Waals surface area contributed by atoms with Crippen molar-refractivity contribution in [3.63, 3.8) is 0 Å². The molecule has 2 aromatic heterocycles. The van der Waals surface area contributed by atoms with E-state index in [0.717, 1.165) is 59.3 Å². The fourth-order valence-electron chi connectivity index (χ4n) is 5.90. The van der Waals surface area contributed by atoms with Crippen molar-refractivity contribution in [2.45, 2.75) is 53.2 Å². The molecule has 5 rings (SSSR count). The van der Waals surface area contributed by atoms with Gasteiger partial charge in [0.2, 0.25) is 0 Å². The van der Waals surface area contributed by atoms with Gasteiger partial charge in [-0.1, -0.05) is 37.3 Å². The van der Waals surface area contributed by atoms with Gasteiger partial charge in [-0.15, -0.1) is 0 Å². The minimum atomic E-state index is -1.06. The van der Waals surface area contributed by atoms with Crippen LogP contribution in [0.25, 0.3) is 10.9 Å². The minimum absolute atomic E-state index is 0.372. The highest BCUT2D eigenvalue weighted by atomic mass is 16.6. The van der Waals surface area contributed by atoms with Gasteiger partial charge in [0.15, 0.2) is 11.3 Å². The van der Waals surface area contributed by atoms with Gasteiger partial charge in [-0.25, -0.2) is 9.78 Å². The van der Waals surface area contributed by atoms with E-state index in [1.54, 1.807) is 6.20 Å². The van der Waals surface area contributed by atoms with E-state index in [0.29, 0.717) is 5.69 Å². The van der Waals surface area contributed by atoms with E-state index in [1.807, 2.05) is 12.1 Å². The predicted octanol–water partition coefficient (Wildman–Crippen LogP) is 6.24. The first-order valence-electron chi connectivity index (χ1n) is 12.7. The number of carbonyl (C=O) groups excluding carboxylic acids is 1. The van der Waals surface area contributed by atoms with Crippen molar-refractivity contribution >= 4 is 22.6 Å². The number of rotatable bonds is 7. The molecule has 0 bridgehead atoms. The van der Waals surface area contributed by atoms with Crippen molar-refractivity contribution in [2.75, 3.05) is 18.0 Å². The van der Waals surface area contributed by atoms with E-state index in [2.05, 4.69) is 91.5 Å². The molecule has 0 N–H and O–H groups in total. The SMILES string of the molecule is CCc1cc(N(CC)CC)ccc1C1(c2c(C)n(CC)c3ccccc23)OC(=O)c2ncccc21. The molecular weight excluding hydrogens is 434 g/mol. The van der Waals surface area contributed by atoms with Gasteiger partial charge in [0.25, 0.3) is 0 Å². The molecule has 4 aromatic rings. The van der Waals surface area contributed by atoms with Gasteiger partial charge in [0, 0.05) is 64.8 Å². The Balaban J connectivity index is 1.90. The molecule has 1 atom stereocenters. The quantitative estimate of drug-likeness (QED) is 0.302. The lowest BCUT2D eigenvalue weighted by Crippen LogP contribution is -2.32. The molecule has 0 fully saturated rings. The van der Waals surface area contributed by atoms with Crippen LogP contribution in [0.3, 0.4) is 0 Å². The lowest BCUT2D eigenvalue weighted by atomic mass is 9.77. The molecule has 2 aromatic carbocycles. The van der Waals surface area contributed by atoms with E-state index in [9.17, 15) is 4.79 Å². The van der Waals surface area contributed by atoms with Crippen molar-refractivity contribution < 1.29 is 9.53 Å². The van der Waals surface area contributed by atoms with E-state index in [1.165, 1.54) is 11.3 Å². The van der Waals surface area contributed by atoms with Crippen LogP contribution in [0.1, 0.15) is 66.1 Å². The van der Waals surface area contributed by atoms with Crippen molar-refractivity contribution in [3.8, 4) is 0 Å². The van der Waals surface area contributed by atoms with E-state index < -0.39 is 5.60 Å². The number of anilines is 1. The Morgan fingerprint density at radius 2 is 1.74 bits per heavy atom. The van der Waals surface area contributed by atoms with E-state index in [-0.39, 0.29) is 5.97 Å². The van der Waals surface area contributed by atoms with Crippen molar-refractivity contribution in [1.82, 2.24) is 9.55 Å². The molecular formula is C30H33N3O2. The van der Waals surface area contributed by atoms with E-state index >= 15 is 0 Å². The van der Waals surface area contributed by atoms with E-state index in [4.69, 9.17) is 4.74 Å². The maximum Gasteiger partial charge on any atom is 0.358 e. The van der Waals surface area contributed by atoms with Crippen LogP contribution in [0.15, 0.2) is 60.8 Å². The summed E-state index contributed by atoms with van der Waals surface area (Å²) in [7, 11) is 0. The number of esters is 1. The molecule has 35 heavy (non-hydrogen) atoms. The number of aromatic nitrogens is 2. The molecule has 1 unspecified atom stereocenters. The zero-order valence-electron chi connectivity index (χ0n) is 21.3. The molecule has 1 aliphatic rings. The van der Waals surface area contributed by atoms with Gasteiger partial charge in [0.05, 0.1) is 0 Å². The second-order valence-electron chi connectivity index (χ2n) is 9.06. The van der Waals surface area contributed by atoms with Crippen LogP contribution in [0.4, 0.5) is 5.69 Å². The number of para-hydroxylation sites is 1. The minimum Gasteiger partial charge on any atom is -0.439 e. The van der Waals surface area contributed by atoms with Gasteiger partial charge in [-0.05, 0) is 63.9 Å². The Morgan fingerprint density at radius 3 is 2.46 bits per heavy atom. The lowest BCUT2D eigenvalue weighted by molar-refractivity contribution is 0.0248. The van der Waals surface area contributed by atoms with Gasteiger partial charge >= 0.3 is 5.97 Å². The number of fused-ring (bicyclic) bond motifs is 2. The second kappa shape index (κ2) is 8.88. The molecule has 180 valence electrons. The summed E-state index contributed by atoms with van der Waals surface area (Å²) in [6.45, 7) is 13.5. The molecule has 0 radical (unpaired) electrons. The largest absolute Gasteiger partial charge is 0.439 e. The number of carbonyl (C=O) groups is 1. The Kier molecular flexibility index (Phi) is 5.87. The molecule has 1 aliphatic heterocycles. The lowest BCUT2D eigenvalue weighted by Gasteiger charge is -2.33. The smallest absolute Gasteiger partial charge is 0.358 e. The topological polar surface area (TPSA) is 47.4 Å². The van der Waals surface area contributed by atoms with Crippen molar-refractivity contribution in [3.05, 3.63) is 94.4 Å². The zero-order valence-corrected chi connectivity index (χ0v) is 21.3. The van der Waals surface area contributed by atoms with Crippen LogP contribution < -0.4 is 4.90 Å². The fraction of sp³-hybridized carbons (Fsp3) is 0.333. The van der Waals surface area contributed by atoms with Crippen LogP contribution in [-0.4, -0.2) is 28.6 Å². The van der Waals surface area contributed by atoms with Gasteiger partial charge < -0.3 is 14.2 Å². The summed E-state index contributed by atoms with van der Waals surface area (Å²) in [6, 6.07) is 18.9. The van der Waals surface area contributed by atoms with Crippen LogP contribution in [0, 0.1) is 6.92 Å². The molecule has 0 spiro atoms. The third-order valence-electron chi connectivity index (χ3n) is 7.50. The summed E-state index contributed by atoms with van der Waals surface area (Å²) in [5, 5.41) is 1.10. The first kappa shape index (κ1) is 23.2. The van der Waals surface area contributed by atoms with Crippen LogP contribution in [-0.2, 0) is 23.3 Å². The highest BCUT2D eigenvalue weighted by Gasteiger charge is 2.52. The van der Waals surface area contributed by atoms with Gasteiger partial charge in [0.1, 0.15) is 0 Å². The average molecular weight is 468 g/mol. The highest BCUT2D eigenvalue weighted by molar-refractivity contribution is 5.97. The number of benzene rings is 2. The molecule has 5 heteroatoms. The first-order valence-corrected chi connectivity index (χ1v) is 12.7. The summed E-state index contributed by atoms with van der Waals surface area (Å²) in [4.78, 5) is 20.1. The maximum atomic E-state index is 13.3. The number of aryl methyl sites for hydroxylation is 2. The summed E-state index contributed by atoms with van der Waals surface area (Å²) in [5.74, 6) is -0.372. The van der Waals surface area contributed by atoms with Crippen molar-refractivity contribution in [1.29, 1.82) is 0 Å². The second-order valence-corrected chi connectivity index (χ2v) is 9.06. The normalized spacial score (nSPS) is 17.0. The maximum absolute atomic E-state index is 13.3. The number of hydrogen-bond acceptors (Lipinski definition) is 4. The Morgan fingerprint density at radius 1 is 0.971 bits per heavy atom. The summed E-state index contributed by atoms with van der Waals surface area (Å²) in [5.41, 5.74) is 6.81. The molecule has 0 saturated heterocycles. The number of nitrogens with zero attached hydrogens (tertiary/aromatic N) is 3. The molecule has 0 amide bonds. The van der Waals surface area contributed by atoms with Crippen molar-refractivity contribution in [2.24, 2.45) is 0 Å². The van der Waals surface area contributed by atoms with Crippen LogP contribution in [0.2, 0.25) is 0 Å². The Labute approximate surface area is 207 Å². The molecule has 5 nitrogen and oxygen atoms in total. The molecule has 0 saturated carbocycles. The number of pyridine rings is 1. The van der Waals surface area contributed by atoms with Gasteiger partial charge in [-0.2, -0.15) is 0 Å².